The van der Waals surface area contributed by atoms with Gasteiger partial charge in [-0.25, -0.2) is 4.98 Å². The van der Waals surface area contributed by atoms with E-state index in [1.807, 2.05) is 13.0 Å². The lowest BCUT2D eigenvalue weighted by Crippen LogP contribution is -2.42. The number of amides is 1. The van der Waals surface area contributed by atoms with Crippen LogP contribution in [0.1, 0.15) is 18.4 Å². The van der Waals surface area contributed by atoms with Gasteiger partial charge in [0.1, 0.15) is 0 Å². The highest BCUT2D eigenvalue weighted by atomic mass is 16.1. The topological polar surface area (TPSA) is 71.2 Å². The molecule has 1 aromatic heterocycles. The Morgan fingerprint density at radius 1 is 1.61 bits per heavy atom. The number of rotatable bonds is 2. The molecule has 0 aliphatic carbocycles. The first-order valence-corrected chi connectivity index (χ1v) is 6.31. The maximum atomic E-state index is 11.7. The molecule has 2 rings (SSSR count). The minimum absolute atomic E-state index is 0.0328. The first kappa shape index (κ1) is 12.7. The molecule has 1 aliphatic heterocycles. The summed E-state index contributed by atoms with van der Waals surface area (Å²) >= 11 is 0. The molecule has 1 atom stereocenters. The fourth-order valence-corrected chi connectivity index (χ4v) is 2.39. The molecule has 3 N–H and O–H groups in total. The van der Waals surface area contributed by atoms with E-state index in [0.717, 1.165) is 36.5 Å². The zero-order valence-electron chi connectivity index (χ0n) is 10.9. The summed E-state index contributed by atoms with van der Waals surface area (Å²) in [5, 5.41) is 2.72. The van der Waals surface area contributed by atoms with Gasteiger partial charge in [-0.15, -0.1) is 0 Å². The van der Waals surface area contributed by atoms with Gasteiger partial charge in [0.2, 0.25) is 5.91 Å². The van der Waals surface area contributed by atoms with Gasteiger partial charge in [-0.3, -0.25) is 4.79 Å². The summed E-state index contributed by atoms with van der Waals surface area (Å²) in [5.74, 6) is 0.944. The second-order valence-corrected chi connectivity index (χ2v) is 4.76. The maximum absolute atomic E-state index is 11.7. The second-order valence-electron chi connectivity index (χ2n) is 4.76. The number of nitrogen functional groups attached to an aromatic ring is 1. The smallest absolute Gasteiger partial charge is 0.224 e. The van der Waals surface area contributed by atoms with E-state index in [1.165, 1.54) is 0 Å². The first-order valence-electron chi connectivity index (χ1n) is 6.31. The van der Waals surface area contributed by atoms with Crippen molar-refractivity contribution in [3.05, 3.63) is 17.8 Å². The van der Waals surface area contributed by atoms with Crippen LogP contribution in [0.3, 0.4) is 0 Å². The van der Waals surface area contributed by atoms with E-state index >= 15 is 0 Å². The van der Waals surface area contributed by atoms with Crippen LogP contribution in [0.5, 0.6) is 0 Å². The predicted molar refractivity (Wildman–Crippen MR) is 72.4 cm³/mol. The Morgan fingerprint density at radius 2 is 2.39 bits per heavy atom. The second kappa shape index (κ2) is 5.25. The molecule has 0 aromatic carbocycles. The fraction of sp³-hybridized carbons (Fsp3) is 0.538. The lowest BCUT2D eigenvalue weighted by Gasteiger charge is -2.33. The third-order valence-corrected chi connectivity index (χ3v) is 3.53. The fourth-order valence-electron chi connectivity index (χ4n) is 2.39. The number of anilines is 2. The number of carbonyl (C=O) groups is 1. The van der Waals surface area contributed by atoms with Crippen LogP contribution in [0.4, 0.5) is 11.5 Å². The van der Waals surface area contributed by atoms with Gasteiger partial charge >= 0.3 is 0 Å². The number of nitrogens with zero attached hydrogens (tertiary/aromatic N) is 2. The summed E-state index contributed by atoms with van der Waals surface area (Å²) in [6.45, 7) is 3.58. The molecule has 5 heteroatoms. The molecule has 1 aliphatic rings. The Hall–Kier alpha value is -1.78. The van der Waals surface area contributed by atoms with Crippen molar-refractivity contribution >= 4 is 17.4 Å². The molecule has 1 aromatic rings. The highest BCUT2D eigenvalue weighted by molar-refractivity contribution is 5.79. The van der Waals surface area contributed by atoms with Crippen molar-refractivity contribution in [3.63, 3.8) is 0 Å². The number of aromatic nitrogens is 1. The number of carbonyl (C=O) groups excluding carboxylic acids is 1. The minimum atomic E-state index is 0.0328. The molecule has 0 radical (unpaired) electrons. The molecule has 1 saturated heterocycles. The van der Waals surface area contributed by atoms with E-state index in [2.05, 4.69) is 15.2 Å². The summed E-state index contributed by atoms with van der Waals surface area (Å²) in [6, 6.07) is 1.90. The molecule has 2 heterocycles. The maximum Gasteiger partial charge on any atom is 0.224 e. The SMILES string of the molecule is CNC(=O)C1CCCN(c2nccc(C)c2N)C1. The van der Waals surface area contributed by atoms with E-state index in [9.17, 15) is 4.79 Å². The van der Waals surface area contributed by atoms with E-state index in [-0.39, 0.29) is 11.8 Å². The Labute approximate surface area is 107 Å². The quantitative estimate of drug-likeness (QED) is 0.817. The third-order valence-electron chi connectivity index (χ3n) is 3.53. The summed E-state index contributed by atoms with van der Waals surface area (Å²) in [5.41, 5.74) is 7.81. The Balaban J connectivity index is 2.18. The van der Waals surface area contributed by atoms with E-state index in [1.54, 1.807) is 13.2 Å². The van der Waals surface area contributed by atoms with Gasteiger partial charge in [0, 0.05) is 26.3 Å². The highest BCUT2D eigenvalue weighted by Gasteiger charge is 2.26. The Kier molecular flexibility index (Phi) is 3.69. The third kappa shape index (κ3) is 2.39. The summed E-state index contributed by atoms with van der Waals surface area (Å²) in [7, 11) is 1.68. The number of hydrogen-bond donors (Lipinski definition) is 2. The molecule has 0 bridgehead atoms. The lowest BCUT2D eigenvalue weighted by atomic mass is 9.97. The molecule has 0 spiro atoms. The van der Waals surface area contributed by atoms with Crippen molar-refractivity contribution < 1.29 is 4.79 Å². The van der Waals surface area contributed by atoms with Crippen LogP contribution in [0.15, 0.2) is 12.3 Å². The van der Waals surface area contributed by atoms with Crippen molar-refractivity contribution in [2.45, 2.75) is 19.8 Å². The summed E-state index contributed by atoms with van der Waals surface area (Å²) in [6.07, 6.45) is 3.69. The van der Waals surface area contributed by atoms with Crippen LogP contribution >= 0.6 is 0 Å². The van der Waals surface area contributed by atoms with Crippen molar-refractivity contribution in [1.29, 1.82) is 0 Å². The van der Waals surface area contributed by atoms with Gasteiger partial charge in [-0.2, -0.15) is 0 Å². The van der Waals surface area contributed by atoms with Crippen molar-refractivity contribution in [2.24, 2.45) is 5.92 Å². The van der Waals surface area contributed by atoms with Crippen molar-refractivity contribution in [2.75, 3.05) is 30.8 Å². The predicted octanol–water partition coefficient (Wildman–Crippen LogP) is 0.935. The van der Waals surface area contributed by atoms with Gasteiger partial charge in [0.25, 0.3) is 0 Å². The monoisotopic (exact) mass is 248 g/mol. The zero-order valence-corrected chi connectivity index (χ0v) is 10.9. The normalized spacial score (nSPS) is 19.7. The van der Waals surface area contributed by atoms with Gasteiger partial charge in [0.05, 0.1) is 11.6 Å². The van der Waals surface area contributed by atoms with E-state index in [4.69, 9.17) is 5.73 Å². The Morgan fingerprint density at radius 3 is 3.11 bits per heavy atom. The standard InChI is InChI=1S/C13H20N4O/c1-9-5-6-16-12(11(9)14)17-7-3-4-10(8-17)13(18)15-2/h5-6,10H,3-4,7-8,14H2,1-2H3,(H,15,18). The number of piperidine rings is 1. The molecule has 1 fully saturated rings. The number of aryl methyl sites for hydroxylation is 1. The van der Waals surface area contributed by atoms with Crippen LogP contribution < -0.4 is 16.0 Å². The zero-order chi connectivity index (χ0) is 13.1. The number of nitrogens with two attached hydrogens (primary N) is 1. The van der Waals surface area contributed by atoms with Crippen molar-refractivity contribution in [3.8, 4) is 0 Å². The van der Waals surface area contributed by atoms with E-state index < -0.39 is 0 Å². The molecule has 1 unspecified atom stereocenters. The van der Waals surface area contributed by atoms with E-state index in [0.29, 0.717) is 6.54 Å². The lowest BCUT2D eigenvalue weighted by molar-refractivity contribution is -0.124. The van der Waals surface area contributed by atoms with Gasteiger partial charge in [0.15, 0.2) is 5.82 Å². The average Bonchev–Trinajstić information content (AvgIpc) is 2.41. The Bertz CT molecular complexity index is 447. The summed E-state index contributed by atoms with van der Waals surface area (Å²) in [4.78, 5) is 18.2. The molecule has 98 valence electrons. The first-order chi connectivity index (χ1) is 8.63. The number of nitrogens with one attached hydrogen (secondary N) is 1. The van der Waals surface area contributed by atoms with Crippen molar-refractivity contribution in [1.82, 2.24) is 10.3 Å². The van der Waals surface area contributed by atoms with Crippen LogP contribution in [0.25, 0.3) is 0 Å². The van der Waals surface area contributed by atoms with Crippen LogP contribution in [-0.4, -0.2) is 31.0 Å². The van der Waals surface area contributed by atoms with Crippen LogP contribution in [0, 0.1) is 12.8 Å². The number of pyridine rings is 1. The van der Waals surface area contributed by atoms with Gasteiger partial charge in [-0.05, 0) is 31.4 Å². The molecule has 1 amide bonds. The van der Waals surface area contributed by atoms with Crippen LogP contribution in [-0.2, 0) is 4.79 Å². The number of hydrogen-bond acceptors (Lipinski definition) is 4. The van der Waals surface area contributed by atoms with Gasteiger partial charge < -0.3 is 16.0 Å². The largest absolute Gasteiger partial charge is 0.396 e. The average molecular weight is 248 g/mol. The molecule has 0 saturated carbocycles. The van der Waals surface area contributed by atoms with Crippen LogP contribution in [0.2, 0.25) is 0 Å². The minimum Gasteiger partial charge on any atom is -0.396 e. The summed E-state index contributed by atoms with van der Waals surface area (Å²) < 4.78 is 0. The van der Waals surface area contributed by atoms with Gasteiger partial charge in [-0.1, -0.05) is 0 Å². The molecular formula is C13H20N4O. The molecule has 5 nitrogen and oxygen atoms in total. The molecule has 18 heavy (non-hydrogen) atoms. The highest BCUT2D eigenvalue weighted by Crippen LogP contribution is 2.27. The molecular weight excluding hydrogens is 228 g/mol.